The fourth-order valence-corrected chi connectivity index (χ4v) is 6.08. The number of hydrogen-bond donors (Lipinski definition) is 2. The molecule has 1 saturated heterocycles. The van der Waals surface area contributed by atoms with Crippen molar-refractivity contribution in [1.29, 1.82) is 0 Å². The van der Waals surface area contributed by atoms with Gasteiger partial charge in [0.05, 0.1) is 22.9 Å². The van der Waals surface area contributed by atoms with Crippen LogP contribution in [0.15, 0.2) is 17.0 Å². The summed E-state index contributed by atoms with van der Waals surface area (Å²) in [7, 11) is 0. The van der Waals surface area contributed by atoms with Gasteiger partial charge in [-0.3, -0.25) is 14.3 Å². The summed E-state index contributed by atoms with van der Waals surface area (Å²) in [6.45, 7) is 3.12. The Kier molecular flexibility index (Phi) is 8.13. The van der Waals surface area contributed by atoms with Gasteiger partial charge in [0.2, 0.25) is 5.91 Å². The molecule has 3 fully saturated rings. The van der Waals surface area contributed by atoms with Crippen molar-refractivity contribution in [2.24, 2.45) is 0 Å². The van der Waals surface area contributed by atoms with Crippen molar-refractivity contribution in [1.82, 2.24) is 30.3 Å². The summed E-state index contributed by atoms with van der Waals surface area (Å²) in [4.78, 5) is 33.0. The zero-order valence-corrected chi connectivity index (χ0v) is 21.4. The Morgan fingerprint density at radius 2 is 1.86 bits per heavy atom. The number of likely N-dealkylation sites (tertiary alicyclic amines) is 1. The SMILES string of the molecule is O=C(C[C@H](CCN1CCCCC1)NC(=O)c1cc(-c2cscn2)n(C2CCCC2)n1)NC1CCC1. The Balaban J connectivity index is 1.28. The minimum absolute atomic E-state index is 0.0401. The predicted molar refractivity (Wildman–Crippen MR) is 137 cm³/mol. The Morgan fingerprint density at radius 1 is 1.06 bits per heavy atom. The first kappa shape index (κ1) is 24.4. The Hall–Kier alpha value is -2.26. The lowest BCUT2D eigenvalue weighted by Gasteiger charge is -2.29. The van der Waals surface area contributed by atoms with Crippen molar-refractivity contribution < 1.29 is 9.59 Å². The molecule has 0 bridgehead atoms. The monoisotopic (exact) mass is 498 g/mol. The number of nitrogens with zero attached hydrogens (tertiary/aromatic N) is 4. The molecule has 2 N–H and O–H groups in total. The van der Waals surface area contributed by atoms with Crippen LogP contribution in [0, 0.1) is 0 Å². The van der Waals surface area contributed by atoms with Crippen LogP contribution in [0.1, 0.15) is 93.6 Å². The van der Waals surface area contributed by atoms with E-state index in [1.165, 1.54) is 38.5 Å². The van der Waals surface area contributed by atoms with Gasteiger partial charge in [-0.2, -0.15) is 5.10 Å². The third-order valence-electron chi connectivity index (χ3n) is 7.81. The van der Waals surface area contributed by atoms with Crippen molar-refractivity contribution in [3.8, 4) is 11.4 Å². The molecule has 0 spiro atoms. The molecule has 8 nitrogen and oxygen atoms in total. The molecule has 2 saturated carbocycles. The summed E-state index contributed by atoms with van der Waals surface area (Å²) in [6, 6.07) is 2.29. The third kappa shape index (κ3) is 6.30. The molecular weight excluding hydrogens is 460 g/mol. The average Bonchev–Trinajstić information content (AvgIpc) is 3.61. The van der Waals surface area contributed by atoms with Gasteiger partial charge >= 0.3 is 0 Å². The van der Waals surface area contributed by atoms with E-state index in [0.717, 1.165) is 63.1 Å². The van der Waals surface area contributed by atoms with E-state index in [0.29, 0.717) is 24.2 Å². The molecule has 1 aliphatic heterocycles. The highest BCUT2D eigenvalue weighted by Gasteiger charge is 2.27. The van der Waals surface area contributed by atoms with E-state index in [1.807, 2.05) is 21.6 Å². The topological polar surface area (TPSA) is 92.2 Å². The van der Waals surface area contributed by atoms with E-state index in [4.69, 9.17) is 5.10 Å². The van der Waals surface area contributed by atoms with Gasteiger partial charge < -0.3 is 15.5 Å². The summed E-state index contributed by atoms with van der Waals surface area (Å²) in [5.41, 5.74) is 4.02. The number of rotatable bonds is 10. The number of nitrogens with one attached hydrogen (secondary N) is 2. The molecule has 9 heteroatoms. The third-order valence-corrected chi connectivity index (χ3v) is 8.40. The number of amides is 2. The van der Waals surface area contributed by atoms with E-state index in [9.17, 15) is 9.59 Å². The van der Waals surface area contributed by atoms with Gasteiger partial charge in [-0.1, -0.05) is 19.3 Å². The van der Waals surface area contributed by atoms with Gasteiger partial charge in [-0.15, -0.1) is 11.3 Å². The van der Waals surface area contributed by atoms with Crippen LogP contribution in [-0.2, 0) is 4.79 Å². The number of piperidine rings is 1. The zero-order chi connectivity index (χ0) is 24.0. The minimum Gasteiger partial charge on any atom is -0.353 e. The Bertz CT molecular complexity index is 974. The maximum Gasteiger partial charge on any atom is 0.272 e. The quantitative estimate of drug-likeness (QED) is 0.513. The molecule has 190 valence electrons. The van der Waals surface area contributed by atoms with E-state index >= 15 is 0 Å². The number of carbonyl (C=O) groups is 2. The molecule has 2 amide bonds. The van der Waals surface area contributed by atoms with Gasteiger partial charge in [0.15, 0.2) is 5.69 Å². The van der Waals surface area contributed by atoms with Gasteiger partial charge in [-0.05, 0) is 70.5 Å². The van der Waals surface area contributed by atoms with Crippen LogP contribution in [0.2, 0.25) is 0 Å². The smallest absolute Gasteiger partial charge is 0.272 e. The minimum atomic E-state index is -0.205. The maximum atomic E-state index is 13.4. The molecule has 2 aromatic rings. The normalized spacial score (nSPS) is 20.5. The molecule has 2 aliphatic carbocycles. The van der Waals surface area contributed by atoms with Gasteiger partial charge in [0, 0.05) is 30.4 Å². The summed E-state index contributed by atoms with van der Waals surface area (Å²) in [5.74, 6) is -0.156. The van der Waals surface area contributed by atoms with Crippen LogP contribution in [0.3, 0.4) is 0 Å². The van der Waals surface area contributed by atoms with Gasteiger partial charge in [0.1, 0.15) is 0 Å². The second-order valence-electron chi connectivity index (χ2n) is 10.4. The first-order chi connectivity index (χ1) is 17.2. The molecule has 3 aliphatic rings. The van der Waals surface area contributed by atoms with E-state index in [-0.39, 0.29) is 17.9 Å². The lowest BCUT2D eigenvalue weighted by Crippen LogP contribution is -2.45. The lowest BCUT2D eigenvalue weighted by atomic mass is 9.93. The second kappa shape index (κ2) is 11.6. The lowest BCUT2D eigenvalue weighted by molar-refractivity contribution is -0.122. The largest absolute Gasteiger partial charge is 0.353 e. The molecule has 2 aromatic heterocycles. The van der Waals surface area contributed by atoms with Crippen molar-refractivity contribution in [3.05, 3.63) is 22.7 Å². The van der Waals surface area contributed by atoms with Crippen LogP contribution in [0.4, 0.5) is 0 Å². The number of thiazole rings is 1. The number of carbonyl (C=O) groups excluding carboxylic acids is 2. The average molecular weight is 499 g/mol. The van der Waals surface area contributed by atoms with E-state index in [1.54, 1.807) is 11.3 Å². The molecule has 0 radical (unpaired) electrons. The molecule has 3 heterocycles. The Labute approximate surface area is 211 Å². The van der Waals surface area contributed by atoms with Crippen LogP contribution in [-0.4, -0.2) is 63.2 Å². The molecule has 35 heavy (non-hydrogen) atoms. The van der Waals surface area contributed by atoms with Crippen molar-refractivity contribution in [3.63, 3.8) is 0 Å². The van der Waals surface area contributed by atoms with Crippen molar-refractivity contribution in [2.75, 3.05) is 19.6 Å². The fraction of sp³-hybridized carbons (Fsp3) is 0.692. The standard InChI is InChI=1S/C26H38N6O2S/c33-25(28-19-7-6-8-19)15-20(11-14-31-12-4-1-5-13-31)29-26(34)22-16-24(23-17-35-18-27-23)32(30-22)21-9-2-3-10-21/h16-21H,1-15H2,(H,28,33)(H,29,34)/t20-/m0/s1. The molecule has 1 atom stereocenters. The summed E-state index contributed by atoms with van der Waals surface area (Å²) < 4.78 is 2.02. The molecule has 0 unspecified atom stereocenters. The summed E-state index contributed by atoms with van der Waals surface area (Å²) >= 11 is 1.55. The second-order valence-corrected chi connectivity index (χ2v) is 11.2. The first-order valence-corrected chi connectivity index (χ1v) is 14.4. The van der Waals surface area contributed by atoms with Crippen LogP contribution >= 0.6 is 11.3 Å². The molecule has 0 aromatic carbocycles. The molecular formula is C26H38N6O2S. The van der Waals surface area contributed by atoms with Crippen LogP contribution in [0.5, 0.6) is 0 Å². The molecule has 5 rings (SSSR count). The van der Waals surface area contributed by atoms with Crippen molar-refractivity contribution >= 4 is 23.2 Å². The highest BCUT2D eigenvalue weighted by atomic mass is 32.1. The van der Waals surface area contributed by atoms with Gasteiger partial charge in [0.25, 0.3) is 5.91 Å². The number of aromatic nitrogens is 3. The summed E-state index contributed by atoms with van der Waals surface area (Å²) in [5, 5.41) is 13.1. The predicted octanol–water partition coefficient (Wildman–Crippen LogP) is 4.15. The maximum absolute atomic E-state index is 13.4. The fourth-order valence-electron chi connectivity index (χ4n) is 5.53. The van der Waals surface area contributed by atoms with Crippen LogP contribution < -0.4 is 10.6 Å². The highest BCUT2D eigenvalue weighted by molar-refractivity contribution is 7.07. The van der Waals surface area contributed by atoms with E-state index in [2.05, 4.69) is 20.5 Å². The first-order valence-electron chi connectivity index (χ1n) is 13.5. The Morgan fingerprint density at radius 3 is 2.54 bits per heavy atom. The van der Waals surface area contributed by atoms with Crippen molar-refractivity contribution in [2.45, 2.75) is 95.2 Å². The van der Waals surface area contributed by atoms with Gasteiger partial charge in [-0.25, -0.2) is 4.98 Å². The number of hydrogen-bond acceptors (Lipinski definition) is 6. The highest BCUT2D eigenvalue weighted by Crippen LogP contribution is 2.33. The summed E-state index contributed by atoms with van der Waals surface area (Å²) in [6.07, 6.45) is 12.7. The van der Waals surface area contributed by atoms with E-state index < -0.39 is 0 Å². The van der Waals surface area contributed by atoms with Crippen LogP contribution in [0.25, 0.3) is 11.4 Å². The zero-order valence-electron chi connectivity index (χ0n) is 20.6.